The minimum absolute atomic E-state index is 0.0252. The highest BCUT2D eigenvalue weighted by molar-refractivity contribution is 8.76. The van der Waals surface area contributed by atoms with Gasteiger partial charge in [-0.05, 0) is 42.7 Å². The lowest BCUT2D eigenvalue weighted by atomic mass is 9.87. The molecule has 0 aliphatic carbocycles. The van der Waals surface area contributed by atoms with Crippen LogP contribution in [0.5, 0.6) is 0 Å². The SMILES string of the molecule is CC(=O)N[C@@H]1[C@@H](O)[C@@H](O)[C@@](C)(COCCOCCOCCOCCn2cc(COCC(COCc3cn(CCOCCOCCOCCOC[C@@]45CO[C@@H](O4)[C@H](NC(C)=O)[C@@H](O)[C@H]5O)nn3)(COCc3cn(CCOCCOCCOCCOC[C@@]45CO[C@@H](O4)[C@H](NC(C)=O)[C@@H](O)[C@H]5O)nn3)NC(=O)CCCCCNC(=O)CCOCCOCCOCCOCCNC(=O)CCSSc3ccccn3)nn2)O[C@@H]1O. The van der Waals surface area contributed by atoms with E-state index >= 15 is 0 Å². The molecule has 15 atom stereocenters. The molecular formula is C89H148N16O37S2. The van der Waals surface area contributed by atoms with Gasteiger partial charge in [-0.25, -0.2) is 19.0 Å². The number of aliphatic hydroxyl groups excluding tert-OH is 7. The highest BCUT2D eigenvalue weighted by atomic mass is 33.1. The molecule has 53 nitrogen and oxygen atoms in total. The zero-order chi connectivity index (χ0) is 103. The van der Waals surface area contributed by atoms with E-state index in [2.05, 4.69) is 67.8 Å². The van der Waals surface area contributed by atoms with Crippen molar-refractivity contribution in [3.05, 3.63) is 60.1 Å². The van der Waals surface area contributed by atoms with Gasteiger partial charge in [0.1, 0.15) is 99.2 Å². The average molecular weight is 2100 g/mol. The summed E-state index contributed by atoms with van der Waals surface area (Å²) in [5, 5.41) is 118. The minimum Gasteiger partial charge on any atom is -0.388 e. The van der Waals surface area contributed by atoms with Crippen molar-refractivity contribution in [2.45, 2.75) is 207 Å². The van der Waals surface area contributed by atoms with Gasteiger partial charge in [0.2, 0.25) is 35.4 Å². The molecule has 0 radical (unpaired) electrons. The molecule has 5 fully saturated rings. The maximum Gasteiger partial charge on any atom is 0.222 e. The van der Waals surface area contributed by atoms with Crippen molar-refractivity contribution in [3.63, 3.8) is 0 Å². The van der Waals surface area contributed by atoms with Gasteiger partial charge < -0.3 is 181 Å². The Kier molecular flexibility index (Phi) is 57.3. The summed E-state index contributed by atoms with van der Waals surface area (Å²) in [6.07, 6.45) is -2.55. The van der Waals surface area contributed by atoms with Crippen LogP contribution in [-0.2, 0) is 182 Å². The minimum atomic E-state index is -1.57. The zero-order valence-electron chi connectivity index (χ0n) is 82.4. The van der Waals surface area contributed by atoms with Crippen LogP contribution in [0.4, 0.5) is 0 Å². The van der Waals surface area contributed by atoms with E-state index in [0.29, 0.717) is 127 Å². The van der Waals surface area contributed by atoms with E-state index in [9.17, 15) is 64.5 Å². The zero-order valence-corrected chi connectivity index (χ0v) is 84.0. The molecule has 5 aliphatic heterocycles. The summed E-state index contributed by atoms with van der Waals surface area (Å²) in [6, 6.07) is 2.65. The van der Waals surface area contributed by atoms with Gasteiger partial charge >= 0.3 is 0 Å². The number of aromatic nitrogens is 10. The quantitative estimate of drug-likeness (QED) is 0.0145. The van der Waals surface area contributed by atoms with Crippen LogP contribution in [-0.4, -0.2) is 480 Å². The standard InChI is InChI=1S/C89H148N16O37S2/c1-64(106)93-74-77(112)80(115)86(4,140-83(74)118)56-132-46-43-129-40-37-126-32-27-121-22-17-103-50-67(97-100-103)53-135-57-87(58-136-54-68-51-104(101-98-68)18-23-122-28-33-127-38-41-130-44-47-133-60-88-62-138-84(141-88)75(94-65(2)107)78(113)81(88)116,59-137-55-69-52-105(102-99-69)19-24-123-29-34-128-39-42-131-45-48-134-61-89-63-139-85(142-89)76(95-66(3)108)79(114)82(89)117)96-72(111)10-6-5-8-14-90-70(109)12-20-119-25-30-124-35-36-125-31-26-120-21-16-91-71(110)13-49-143-144-73-11-7-9-15-92-73/h7,9,11,15,50-52,74-85,112-118H,5-6,8,10,12-14,16-49,53-63H2,1-4H3,(H,90,109)(H,91,110)(H,93,106)(H,94,107)(H,95,108)(H,96,111)/t74-,75-,76-,77-,78-,79-,80-,81-,82-,83+,84+,85+,86-,88+,89+/m1/s1. The monoisotopic (exact) mass is 2100 g/mol. The Morgan fingerprint density at radius 2 is 0.785 bits per heavy atom. The van der Waals surface area contributed by atoms with Gasteiger partial charge in [0.15, 0.2) is 18.9 Å². The molecule has 0 spiro atoms. The Hall–Kier alpha value is -7.15. The van der Waals surface area contributed by atoms with Gasteiger partial charge in [0.25, 0.3) is 0 Å². The highest BCUT2D eigenvalue weighted by Crippen LogP contribution is 2.39. The Bertz CT molecular complexity index is 4070. The van der Waals surface area contributed by atoms with E-state index in [0.717, 1.165) is 5.03 Å². The lowest BCUT2D eigenvalue weighted by molar-refractivity contribution is -0.297. The number of ether oxygens (including phenoxy) is 24. The molecule has 9 heterocycles. The summed E-state index contributed by atoms with van der Waals surface area (Å²) < 4.78 is 143. The van der Waals surface area contributed by atoms with Crippen molar-refractivity contribution < 1.29 is 178 Å². The fourth-order valence-corrected chi connectivity index (χ4v) is 16.9. The van der Waals surface area contributed by atoms with Crippen LogP contribution in [0.1, 0.15) is 83.3 Å². The van der Waals surface area contributed by atoms with Gasteiger partial charge in [-0.2, -0.15) is 0 Å². The van der Waals surface area contributed by atoms with Gasteiger partial charge in [0, 0.05) is 65.1 Å². The molecule has 13 N–H and O–H groups in total. The van der Waals surface area contributed by atoms with Crippen LogP contribution >= 0.6 is 21.6 Å². The van der Waals surface area contributed by atoms with Crippen LogP contribution in [0, 0.1) is 0 Å². The predicted octanol–water partition coefficient (Wildman–Crippen LogP) is -5.02. The van der Waals surface area contributed by atoms with E-state index in [-0.39, 0.29) is 249 Å². The third kappa shape index (κ3) is 44.9. The van der Waals surface area contributed by atoms with E-state index in [1.165, 1.54) is 38.5 Å². The van der Waals surface area contributed by atoms with Crippen LogP contribution in [0.15, 0.2) is 48.0 Å². The van der Waals surface area contributed by atoms with Crippen LogP contribution in [0.3, 0.4) is 0 Å². The molecule has 9 rings (SSSR count). The topological polar surface area (TPSA) is 643 Å². The van der Waals surface area contributed by atoms with E-state index in [4.69, 9.17) is 114 Å². The van der Waals surface area contributed by atoms with Crippen LogP contribution in [0.25, 0.3) is 0 Å². The molecule has 5 saturated heterocycles. The largest absolute Gasteiger partial charge is 0.388 e. The highest BCUT2D eigenvalue weighted by Gasteiger charge is 2.61. The number of amides is 6. The number of hydrogen-bond acceptors (Lipinski definition) is 46. The summed E-state index contributed by atoms with van der Waals surface area (Å²) in [4.78, 5) is 78.3. The first kappa shape index (κ1) is 120. The van der Waals surface area contributed by atoms with Gasteiger partial charge in [-0.15, -0.1) is 15.3 Å². The molecule has 4 aromatic rings. The number of hydrogen-bond donors (Lipinski definition) is 13. The molecule has 0 aromatic carbocycles. The summed E-state index contributed by atoms with van der Waals surface area (Å²) in [7, 11) is 3.12. The molecule has 0 unspecified atom stereocenters. The normalized spacial score (nSPS) is 23.5. The first-order valence-electron chi connectivity index (χ1n) is 48.4. The number of nitrogens with one attached hydrogen (secondary N) is 6. The second-order valence-corrected chi connectivity index (χ2v) is 36.9. The smallest absolute Gasteiger partial charge is 0.222 e. The first-order chi connectivity index (χ1) is 69.9. The molecule has 4 aromatic heterocycles. The summed E-state index contributed by atoms with van der Waals surface area (Å²) in [6.45, 7) is 14.0. The van der Waals surface area contributed by atoms with Crippen LogP contribution in [0.2, 0.25) is 0 Å². The maximum absolute atomic E-state index is 14.3. The Morgan fingerprint density at radius 1 is 0.410 bits per heavy atom. The fourth-order valence-electron chi connectivity index (χ4n) is 15.0. The van der Waals surface area contributed by atoms with Crippen molar-refractivity contribution in [1.82, 2.24) is 81.9 Å². The summed E-state index contributed by atoms with van der Waals surface area (Å²) in [5.41, 5.74) is -3.96. The van der Waals surface area contributed by atoms with Gasteiger partial charge in [-0.3, -0.25) is 28.8 Å². The summed E-state index contributed by atoms with van der Waals surface area (Å²) in [5.74, 6) is -1.19. The van der Waals surface area contributed by atoms with Crippen molar-refractivity contribution in [3.8, 4) is 0 Å². The Morgan fingerprint density at radius 3 is 1.20 bits per heavy atom. The molecule has 55 heteroatoms. The van der Waals surface area contributed by atoms with Gasteiger partial charge in [0.05, 0.1) is 303 Å². The molecule has 5 aliphatic rings. The third-order valence-electron chi connectivity index (χ3n) is 22.5. The molecular weight excluding hydrogens is 1950 g/mol. The van der Waals surface area contributed by atoms with Crippen molar-refractivity contribution in [1.29, 1.82) is 0 Å². The van der Waals surface area contributed by atoms with Crippen LogP contribution < -0.4 is 31.9 Å². The predicted molar refractivity (Wildman–Crippen MR) is 501 cm³/mol. The van der Waals surface area contributed by atoms with Gasteiger partial charge in [-0.1, -0.05) is 38.9 Å². The van der Waals surface area contributed by atoms with Crippen molar-refractivity contribution >= 4 is 57.0 Å². The summed E-state index contributed by atoms with van der Waals surface area (Å²) >= 11 is 0. The van der Waals surface area contributed by atoms with Crippen molar-refractivity contribution in [2.24, 2.45) is 0 Å². The number of rotatable bonds is 84. The molecule has 0 saturated carbocycles. The third-order valence-corrected chi connectivity index (χ3v) is 24.8. The lowest BCUT2D eigenvalue weighted by Crippen LogP contribution is -2.68. The molecule has 4 bridgehead atoms. The Balaban J connectivity index is 0.694. The number of nitrogens with zero attached hydrogens (tertiary/aromatic N) is 10. The second kappa shape index (κ2) is 68.5. The first-order valence-corrected chi connectivity index (χ1v) is 50.7. The number of aliphatic hydroxyl groups is 7. The van der Waals surface area contributed by atoms with E-state index in [1.54, 1.807) is 49.6 Å². The molecule has 818 valence electrons. The number of fused-ring (bicyclic) bond motifs is 4. The lowest BCUT2D eigenvalue weighted by Gasteiger charge is -2.46. The molecule has 144 heavy (non-hydrogen) atoms. The van der Waals surface area contributed by atoms with E-state index in [1.807, 2.05) is 18.2 Å². The average Bonchev–Trinajstić information content (AvgIpc) is 1.60. The van der Waals surface area contributed by atoms with E-state index < -0.39 is 114 Å². The number of carbonyl (C=O) groups is 6. The van der Waals surface area contributed by atoms with Crippen molar-refractivity contribution in [2.75, 3.05) is 263 Å². The molecule has 6 amide bonds. The fraction of sp³-hybridized carbons (Fsp3) is 0.809. The maximum atomic E-state index is 14.3. The number of pyridine rings is 1. The number of unbranched alkanes of at least 4 members (excludes halogenated alkanes) is 2. The number of carbonyl (C=O) groups excluding carboxylic acids is 6. The Labute approximate surface area is 843 Å². The second-order valence-electron chi connectivity index (χ2n) is 34.5.